The van der Waals surface area contributed by atoms with Crippen molar-refractivity contribution < 1.29 is 0 Å². The molecule has 1 aliphatic heterocycles. The SMILES string of the molecule is NCCC1(c2ccc(Cl)cn2)C=CC=N1. The Kier molecular flexibility index (Phi) is 2.84. The lowest BCUT2D eigenvalue weighted by atomic mass is 9.92. The average molecular weight is 222 g/mol. The van der Waals surface area contributed by atoms with Crippen molar-refractivity contribution >= 4 is 17.8 Å². The summed E-state index contributed by atoms with van der Waals surface area (Å²) < 4.78 is 0. The van der Waals surface area contributed by atoms with Gasteiger partial charge in [-0.05, 0) is 37.3 Å². The molecule has 0 saturated carbocycles. The van der Waals surface area contributed by atoms with E-state index in [1.165, 1.54) is 0 Å². The third-order valence-corrected chi connectivity index (χ3v) is 2.68. The van der Waals surface area contributed by atoms with Crippen molar-refractivity contribution in [3.05, 3.63) is 41.2 Å². The van der Waals surface area contributed by atoms with Crippen LogP contribution >= 0.6 is 11.6 Å². The lowest BCUT2D eigenvalue weighted by Crippen LogP contribution is -2.24. The maximum atomic E-state index is 5.80. The van der Waals surface area contributed by atoms with Gasteiger partial charge in [0.05, 0.1) is 10.7 Å². The van der Waals surface area contributed by atoms with Crippen molar-refractivity contribution in [3.63, 3.8) is 0 Å². The fraction of sp³-hybridized carbons (Fsp3) is 0.273. The minimum atomic E-state index is -0.376. The number of hydrogen-bond donors (Lipinski definition) is 1. The minimum Gasteiger partial charge on any atom is -0.330 e. The highest BCUT2D eigenvalue weighted by Crippen LogP contribution is 2.32. The summed E-state index contributed by atoms with van der Waals surface area (Å²) in [6, 6.07) is 3.72. The van der Waals surface area contributed by atoms with E-state index in [2.05, 4.69) is 9.98 Å². The Hall–Kier alpha value is -1.19. The molecule has 0 fully saturated rings. The van der Waals surface area contributed by atoms with Gasteiger partial charge < -0.3 is 5.73 Å². The van der Waals surface area contributed by atoms with Gasteiger partial charge in [0.15, 0.2) is 0 Å². The summed E-state index contributed by atoms with van der Waals surface area (Å²) in [6.45, 7) is 0.575. The van der Waals surface area contributed by atoms with Gasteiger partial charge in [-0.3, -0.25) is 9.98 Å². The van der Waals surface area contributed by atoms with Crippen molar-refractivity contribution in [3.8, 4) is 0 Å². The molecule has 1 aliphatic rings. The monoisotopic (exact) mass is 221 g/mol. The first kappa shape index (κ1) is 10.3. The van der Waals surface area contributed by atoms with Gasteiger partial charge >= 0.3 is 0 Å². The lowest BCUT2D eigenvalue weighted by Gasteiger charge is -2.22. The average Bonchev–Trinajstić information content (AvgIpc) is 2.69. The van der Waals surface area contributed by atoms with Gasteiger partial charge in [-0.15, -0.1) is 0 Å². The zero-order valence-corrected chi connectivity index (χ0v) is 8.98. The zero-order chi connectivity index (χ0) is 10.7. The third-order valence-electron chi connectivity index (χ3n) is 2.46. The fourth-order valence-corrected chi connectivity index (χ4v) is 1.81. The number of allylic oxidation sites excluding steroid dienone is 1. The molecular formula is C11H12ClN3. The molecule has 2 N–H and O–H groups in total. The molecule has 0 bridgehead atoms. The molecule has 3 nitrogen and oxygen atoms in total. The molecule has 0 spiro atoms. The quantitative estimate of drug-likeness (QED) is 0.848. The van der Waals surface area contributed by atoms with Crippen LogP contribution in [-0.4, -0.2) is 17.7 Å². The van der Waals surface area contributed by atoms with E-state index >= 15 is 0 Å². The molecule has 2 rings (SSSR count). The molecule has 0 radical (unpaired) electrons. The zero-order valence-electron chi connectivity index (χ0n) is 8.23. The van der Waals surface area contributed by atoms with Crippen LogP contribution in [-0.2, 0) is 5.54 Å². The number of pyridine rings is 1. The molecule has 78 valence electrons. The van der Waals surface area contributed by atoms with E-state index in [1.807, 2.05) is 24.3 Å². The third kappa shape index (κ3) is 1.94. The van der Waals surface area contributed by atoms with E-state index < -0.39 is 0 Å². The first-order chi connectivity index (χ1) is 7.27. The van der Waals surface area contributed by atoms with E-state index in [9.17, 15) is 0 Å². The second-order valence-electron chi connectivity index (χ2n) is 3.46. The second kappa shape index (κ2) is 4.13. The Labute approximate surface area is 93.7 Å². The summed E-state index contributed by atoms with van der Waals surface area (Å²) in [7, 11) is 0. The molecule has 0 aromatic carbocycles. The summed E-state index contributed by atoms with van der Waals surface area (Å²) in [6.07, 6.45) is 8.12. The van der Waals surface area contributed by atoms with Gasteiger partial charge in [-0.1, -0.05) is 11.6 Å². The molecule has 0 amide bonds. The van der Waals surface area contributed by atoms with E-state index in [1.54, 1.807) is 12.4 Å². The number of nitrogens with zero attached hydrogens (tertiary/aromatic N) is 2. The number of nitrogens with two attached hydrogens (primary N) is 1. The molecule has 0 saturated heterocycles. The van der Waals surface area contributed by atoms with E-state index in [0.29, 0.717) is 11.6 Å². The predicted molar refractivity (Wildman–Crippen MR) is 62.2 cm³/mol. The molecule has 1 unspecified atom stereocenters. The van der Waals surface area contributed by atoms with Gasteiger partial charge in [0.1, 0.15) is 5.54 Å². The van der Waals surface area contributed by atoms with Crippen molar-refractivity contribution in [2.24, 2.45) is 10.7 Å². The Balaban J connectivity index is 2.37. The van der Waals surface area contributed by atoms with Gasteiger partial charge in [0.25, 0.3) is 0 Å². The summed E-state index contributed by atoms with van der Waals surface area (Å²) in [5.41, 5.74) is 6.11. The Bertz CT molecular complexity index is 383. The summed E-state index contributed by atoms with van der Waals surface area (Å²) in [4.78, 5) is 8.73. The first-order valence-corrected chi connectivity index (χ1v) is 5.20. The Morgan fingerprint density at radius 1 is 1.40 bits per heavy atom. The van der Waals surface area contributed by atoms with Crippen LogP contribution in [0.3, 0.4) is 0 Å². The van der Waals surface area contributed by atoms with Crippen LogP contribution in [0.25, 0.3) is 0 Å². The van der Waals surface area contributed by atoms with Crippen molar-refractivity contribution in [2.45, 2.75) is 12.0 Å². The molecule has 15 heavy (non-hydrogen) atoms. The number of rotatable bonds is 3. The largest absolute Gasteiger partial charge is 0.330 e. The molecule has 1 aromatic rings. The van der Waals surface area contributed by atoms with Crippen molar-refractivity contribution in [1.29, 1.82) is 0 Å². The number of aromatic nitrogens is 1. The van der Waals surface area contributed by atoms with E-state index in [-0.39, 0.29) is 5.54 Å². The Morgan fingerprint density at radius 2 is 2.27 bits per heavy atom. The molecule has 2 heterocycles. The van der Waals surface area contributed by atoms with Crippen LogP contribution in [0.2, 0.25) is 5.02 Å². The van der Waals surface area contributed by atoms with Crippen LogP contribution in [0.4, 0.5) is 0 Å². The molecule has 1 aromatic heterocycles. The minimum absolute atomic E-state index is 0.376. The molecule has 4 heteroatoms. The smallest absolute Gasteiger partial charge is 0.122 e. The highest BCUT2D eigenvalue weighted by molar-refractivity contribution is 6.30. The Morgan fingerprint density at radius 3 is 2.80 bits per heavy atom. The van der Waals surface area contributed by atoms with E-state index in [4.69, 9.17) is 17.3 Å². The van der Waals surface area contributed by atoms with Gasteiger partial charge in [0.2, 0.25) is 0 Å². The van der Waals surface area contributed by atoms with Gasteiger partial charge in [0, 0.05) is 12.4 Å². The normalized spacial score (nSPS) is 23.6. The number of halogens is 1. The number of hydrogen-bond acceptors (Lipinski definition) is 3. The molecular weight excluding hydrogens is 210 g/mol. The summed E-state index contributed by atoms with van der Waals surface area (Å²) >= 11 is 5.80. The molecule has 0 aliphatic carbocycles. The van der Waals surface area contributed by atoms with Crippen LogP contribution in [0, 0.1) is 0 Å². The maximum absolute atomic E-state index is 5.80. The second-order valence-corrected chi connectivity index (χ2v) is 3.90. The van der Waals surface area contributed by atoms with Crippen molar-refractivity contribution in [1.82, 2.24) is 4.98 Å². The van der Waals surface area contributed by atoms with Crippen LogP contribution in [0.15, 0.2) is 35.5 Å². The van der Waals surface area contributed by atoms with Crippen LogP contribution < -0.4 is 5.73 Å². The maximum Gasteiger partial charge on any atom is 0.122 e. The number of aliphatic imine (C=N–C) groups is 1. The van der Waals surface area contributed by atoms with Crippen molar-refractivity contribution in [2.75, 3.05) is 6.54 Å². The fourth-order valence-electron chi connectivity index (χ4n) is 1.70. The summed E-state index contributed by atoms with van der Waals surface area (Å²) in [5.74, 6) is 0. The van der Waals surface area contributed by atoms with Crippen LogP contribution in [0.5, 0.6) is 0 Å². The predicted octanol–water partition coefficient (Wildman–Crippen LogP) is 1.92. The standard InChI is InChI=1S/C11H12ClN3/c12-9-2-3-10(14-8-9)11(5-6-13)4-1-7-15-11/h1-4,7-8H,5-6,13H2. The van der Waals surface area contributed by atoms with Gasteiger partial charge in [-0.25, -0.2) is 0 Å². The summed E-state index contributed by atoms with van der Waals surface area (Å²) in [5, 5.41) is 0.632. The van der Waals surface area contributed by atoms with Gasteiger partial charge in [-0.2, -0.15) is 0 Å². The van der Waals surface area contributed by atoms with E-state index in [0.717, 1.165) is 12.1 Å². The topological polar surface area (TPSA) is 51.3 Å². The van der Waals surface area contributed by atoms with Crippen LogP contribution in [0.1, 0.15) is 12.1 Å². The highest BCUT2D eigenvalue weighted by Gasteiger charge is 2.30. The highest BCUT2D eigenvalue weighted by atomic mass is 35.5. The molecule has 1 atom stereocenters. The lowest BCUT2D eigenvalue weighted by molar-refractivity contribution is 0.517. The first-order valence-electron chi connectivity index (χ1n) is 4.82.